The highest BCUT2D eigenvalue weighted by Gasteiger charge is 2.34. The van der Waals surface area contributed by atoms with E-state index in [4.69, 9.17) is 0 Å². The van der Waals surface area contributed by atoms with E-state index in [2.05, 4.69) is 13.8 Å². The molecule has 0 spiro atoms. The Labute approximate surface area is 148 Å². The van der Waals surface area contributed by atoms with Gasteiger partial charge >= 0.3 is 0 Å². The van der Waals surface area contributed by atoms with Gasteiger partial charge in [0, 0.05) is 0 Å². The van der Waals surface area contributed by atoms with E-state index in [1.165, 1.54) is 6.42 Å². The lowest BCUT2D eigenvalue weighted by atomic mass is 9.99. The molecular formula is C18H38O5S. The molecule has 0 fully saturated rings. The Morgan fingerprint density at radius 2 is 1.12 bits per heavy atom. The van der Waals surface area contributed by atoms with Gasteiger partial charge in [-0.25, -0.2) is 0 Å². The molecule has 0 bridgehead atoms. The van der Waals surface area contributed by atoms with Crippen LogP contribution in [0.3, 0.4) is 0 Å². The number of rotatable bonds is 16. The highest BCUT2D eigenvalue weighted by Crippen LogP contribution is 2.20. The predicted octanol–water partition coefficient (Wildman–Crippen LogP) is 4.08. The van der Waals surface area contributed by atoms with E-state index in [1.807, 2.05) is 0 Å². The third-order valence-corrected chi connectivity index (χ3v) is 5.88. The maximum absolute atomic E-state index is 11.5. The summed E-state index contributed by atoms with van der Waals surface area (Å²) in [7, 11) is -4.36. The van der Waals surface area contributed by atoms with Gasteiger partial charge in [0.25, 0.3) is 10.1 Å². The van der Waals surface area contributed by atoms with E-state index in [9.17, 15) is 23.2 Å². The van der Waals surface area contributed by atoms with Gasteiger partial charge in [-0.3, -0.25) is 4.55 Å². The van der Waals surface area contributed by atoms with Crippen LogP contribution in [0.1, 0.15) is 97.3 Å². The highest BCUT2D eigenvalue weighted by molar-refractivity contribution is 7.86. The molecule has 0 aromatic carbocycles. The van der Waals surface area contributed by atoms with Crippen LogP contribution in [0.15, 0.2) is 0 Å². The molecule has 3 atom stereocenters. The molecule has 3 unspecified atom stereocenters. The second-order valence-corrected chi connectivity index (χ2v) is 8.51. The molecule has 0 aromatic rings. The Kier molecular flexibility index (Phi) is 13.9. The molecule has 0 heterocycles. The molecule has 0 aliphatic rings. The topological polar surface area (TPSA) is 94.8 Å². The Hall–Kier alpha value is -0.170. The average Bonchev–Trinajstić information content (AvgIpc) is 2.52. The first-order valence-electron chi connectivity index (χ1n) is 9.67. The monoisotopic (exact) mass is 366 g/mol. The van der Waals surface area contributed by atoms with E-state index >= 15 is 0 Å². The van der Waals surface area contributed by atoms with Crippen LogP contribution < -0.4 is 0 Å². The fourth-order valence-electron chi connectivity index (χ4n) is 3.00. The van der Waals surface area contributed by atoms with Gasteiger partial charge in [-0.2, -0.15) is 8.42 Å². The molecule has 24 heavy (non-hydrogen) atoms. The van der Waals surface area contributed by atoms with Crippen molar-refractivity contribution in [1.29, 1.82) is 0 Å². The normalized spacial score (nSPS) is 16.0. The number of aliphatic hydroxyl groups excluding tert-OH is 2. The maximum atomic E-state index is 11.5. The zero-order valence-electron chi connectivity index (χ0n) is 15.5. The molecule has 0 aliphatic carbocycles. The molecule has 0 aromatic heterocycles. The number of aliphatic hydroxyl groups is 2. The van der Waals surface area contributed by atoms with E-state index < -0.39 is 27.6 Å². The van der Waals surface area contributed by atoms with E-state index in [0.29, 0.717) is 12.8 Å². The molecule has 146 valence electrons. The first-order valence-corrected chi connectivity index (χ1v) is 11.2. The Balaban J connectivity index is 4.27. The van der Waals surface area contributed by atoms with Crippen molar-refractivity contribution in [2.45, 2.75) is 115 Å². The minimum Gasteiger partial charge on any atom is -0.390 e. The molecule has 0 saturated carbocycles. The predicted molar refractivity (Wildman–Crippen MR) is 98.7 cm³/mol. The largest absolute Gasteiger partial charge is 0.390 e. The molecule has 0 amide bonds. The minimum atomic E-state index is -4.36. The second-order valence-electron chi connectivity index (χ2n) is 6.87. The van der Waals surface area contributed by atoms with Crippen molar-refractivity contribution in [1.82, 2.24) is 0 Å². The van der Waals surface area contributed by atoms with Crippen LogP contribution >= 0.6 is 0 Å². The molecule has 0 saturated heterocycles. The fourth-order valence-corrected chi connectivity index (χ4v) is 4.00. The zero-order chi connectivity index (χ0) is 18.4. The van der Waals surface area contributed by atoms with Crippen LogP contribution in [-0.2, 0) is 10.1 Å². The number of unbranched alkanes of at least 4 members (excludes halogenated alkanes) is 9. The van der Waals surface area contributed by atoms with Crippen LogP contribution in [0.25, 0.3) is 0 Å². The van der Waals surface area contributed by atoms with Crippen molar-refractivity contribution < 1.29 is 23.2 Å². The summed E-state index contributed by atoms with van der Waals surface area (Å²) in [5, 5.41) is 18.9. The van der Waals surface area contributed by atoms with Crippen molar-refractivity contribution in [2.24, 2.45) is 0 Å². The van der Waals surface area contributed by atoms with Crippen LogP contribution in [-0.4, -0.2) is 40.6 Å². The lowest BCUT2D eigenvalue weighted by Gasteiger charge is -2.24. The van der Waals surface area contributed by atoms with E-state index in [0.717, 1.165) is 57.8 Å². The summed E-state index contributed by atoms with van der Waals surface area (Å²) >= 11 is 0. The standard InChI is InChI=1S/C18H38O5S/c1-3-5-7-9-11-13-15-17(24(21,22)23)18(20)16(19)14-12-10-8-6-4-2/h16-20H,3-15H2,1-2H3,(H,21,22,23). The number of hydrogen-bond acceptors (Lipinski definition) is 4. The second kappa shape index (κ2) is 14.0. The molecular weight excluding hydrogens is 328 g/mol. The molecule has 0 aliphatic heterocycles. The highest BCUT2D eigenvalue weighted by atomic mass is 32.2. The van der Waals surface area contributed by atoms with Gasteiger partial charge in [0.2, 0.25) is 0 Å². The average molecular weight is 367 g/mol. The van der Waals surface area contributed by atoms with Crippen LogP contribution in [0.4, 0.5) is 0 Å². The van der Waals surface area contributed by atoms with Gasteiger partial charge in [0.1, 0.15) is 5.25 Å². The van der Waals surface area contributed by atoms with Gasteiger partial charge in [-0.1, -0.05) is 84.5 Å². The Bertz CT molecular complexity index is 383. The molecule has 3 N–H and O–H groups in total. The van der Waals surface area contributed by atoms with Crippen molar-refractivity contribution in [2.75, 3.05) is 0 Å². The van der Waals surface area contributed by atoms with Crippen LogP contribution in [0, 0.1) is 0 Å². The smallest absolute Gasteiger partial charge is 0.270 e. The van der Waals surface area contributed by atoms with Gasteiger partial charge in [-0.15, -0.1) is 0 Å². The third kappa shape index (κ3) is 11.4. The van der Waals surface area contributed by atoms with Crippen LogP contribution in [0.5, 0.6) is 0 Å². The minimum absolute atomic E-state index is 0.193. The summed E-state index contributed by atoms with van der Waals surface area (Å²) in [6, 6.07) is 0. The zero-order valence-corrected chi connectivity index (χ0v) is 16.3. The maximum Gasteiger partial charge on any atom is 0.270 e. The van der Waals surface area contributed by atoms with E-state index in [1.54, 1.807) is 0 Å². The Morgan fingerprint density at radius 1 is 0.708 bits per heavy atom. The summed E-state index contributed by atoms with van der Waals surface area (Å²) in [6.45, 7) is 4.26. The molecule has 6 heteroatoms. The Morgan fingerprint density at radius 3 is 1.58 bits per heavy atom. The first-order chi connectivity index (χ1) is 11.3. The molecule has 0 radical (unpaired) electrons. The summed E-state index contributed by atoms with van der Waals surface area (Å²) in [5.74, 6) is 0. The van der Waals surface area contributed by atoms with E-state index in [-0.39, 0.29) is 6.42 Å². The van der Waals surface area contributed by atoms with Gasteiger partial charge in [0.05, 0.1) is 12.2 Å². The van der Waals surface area contributed by atoms with Gasteiger partial charge in [0.15, 0.2) is 0 Å². The first kappa shape index (κ1) is 23.8. The number of hydrogen-bond donors (Lipinski definition) is 3. The van der Waals surface area contributed by atoms with Gasteiger partial charge in [-0.05, 0) is 12.8 Å². The van der Waals surface area contributed by atoms with Crippen molar-refractivity contribution in [3.63, 3.8) is 0 Å². The van der Waals surface area contributed by atoms with Crippen molar-refractivity contribution in [3.8, 4) is 0 Å². The fraction of sp³-hybridized carbons (Fsp3) is 1.00. The molecule has 0 rings (SSSR count). The third-order valence-electron chi connectivity index (χ3n) is 4.60. The quantitative estimate of drug-likeness (QED) is 0.283. The summed E-state index contributed by atoms with van der Waals surface area (Å²) < 4.78 is 32.5. The van der Waals surface area contributed by atoms with Crippen molar-refractivity contribution in [3.05, 3.63) is 0 Å². The SMILES string of the molecule is CCCCCCCCC(C(O)C(O)CCCCCCC)S(=O)(=O)O. The summed E-state index contributed by atoms with van der Waals surface area (Å²) in [6.07, 6.45) is 9.11. The van der Waals surface area contributed by atoms with Crippen molar-refractivity contribution >= 4 is 10.1 Å². The lowest BCUT2D eigenvalue weighted by Crippen LogP contribution is -2.42. The lowest BCUT2D eigenvalue weighted by molar-refractivity contribution is 0.00807. The summed E-state index contributed by atoms with van der Waals surface area (Å²) in [5.41, 5.74) is 0. The van der Waals surface area contributed by atoms with Crippen LogP contribution in [0.2, 0.25) is 0 Å². The summed E-state index contributed by atoms with van der Waals surface area (Å²) in [4.78, 5) is 0. The van der Waals surface area contributed by atoms with Gasteiger partial charge < -0.3 is 10.2 Å². The molecule has 5 nitrogen and oxygen atoms in total.